The van der Waals surface area contributed by atoms with Crippen molar-refractivity contribution in [1.29, 1.82) is 0 Å². The lowest BCUT2D eigenvalue weighted by Gasteiger charge is -2.19. The Morgan fingerprint density at radius 1 is 1.19 bits per heavy atom. The summed E-state index contributed by atoms with van der Waals surface area (Å²) in [5.41, 5.74) is 1.26. The molecular weight excluding hydrogens is 382 g/mol. The minimum absolute atomic E-state index is 0.172. The molecule has 1 atom stereocenters. The molecule has 0 N–H and O–H groups in total. The first kappa shape index (κ1) is 19.6. The van der Waals surface area contributed by atoms with Gasteiger partial charge in [0.25, 0.3) is 10.0 Å². The molecule has 0 saturated carbocycles. The predicted octanol–water partition coefficient (Wildman–Crippen LogP) is 3.54. The Hall–Kier alpha value is -2.16. The zero-order valence-corrected chi connectivity index (χ0v) is 17.2. The zero-order valence-electron chi connectivity index (χ0n) is 15.6. The third-order valence-corrected chi connectivity index (χ3v) is 7.18. The van der Waals surface area contributed by atoms with Gasteiger partial charge in [-0.3, -0.25) is 4.98 Å². The van der Waals surface area contributed by atoms with Gasteiger partial charge in [-0.15, -0.1) is 0 Å². The molecule has 0 aliphatic rings. The minimum atomic E-state index is -3.86. The minimum Gasteiger partial charge on any atom is -0.591 e. The maximum Gasteiger partial charge on any atom is 0.268 e. The summed E-state index contributed by atoms with van der Waals surface area (Å²) in [6, 6.07) is 11.6. The van der Waals surface area contributed by atoms with Crippen LogP contribution in [-0.2, 0) is 21.4 Å². The molecule has 6 nitrogen and oxygen atoms in total. The van der Waals surface area contributed by atoms with E-state index in [1.165, 1.54) is 3.97 Å². The highest BCUT2D eigenvalue weighted by Gasteiger charge is 2.29. The number of hydrogen-bond donors (Lipinski definition) is 0. The summed E-state index contributed by atoms with van der Waals surface area (Å²) in [4.78, 5) is 4.25. The lowest BCUT2D eigenvalue weighted by Crippen LogP contribution is -2.27. The van der Waals surface area contributed by atoms with E-state index >= 15 is 0 Å². The molecule has 1 unspecified atom stereocenters. The summed E-state index contributed by atoms with van der Waals surface area (Å²) < 4.78 is 44.1. The summed E-state index contributed by atoms with van der Waals surface area (Å²) in [6.45, 7) is 7.13. The van der Waals surface area contributed by atoms with Gasteiger partial charge in [-0.05, 0) is 52.0 Å². The third-order valence-electron chi connectivity index (χ3n) is 3.95. The van der Waals surface area contributed by atoms with Crippen LogP contribution in [0.1, 0.15) is 33.4 Å². The van der Waals surface area contributed by atoms with Crippen molar-refractivity contribution in [3.05, 3.63) is 60.6 Å². The van der Waals surface area contributed by atoms with Crippen LogP contribution in [0, 0.1) is 0 Å². The Bertz CT molecular complexity index is 1100. The molecule has 3 aromatic rings. The van der Waals surface area contributed by atoms with Crippen molar-refractivity contribution in [2.45, 2.75) is 37.3 Å². The molecule has 142 valence electrons. The second-order valence-corrected chi connectivity index (χ2v) is 10.8. The molecule has 0 aliphatic carbocycles. The first-order valence-electron chi connectivity index (χ1n) is 8.36. The van der Waals surface area contributed by atoms with Crippen LogP contribution < -0.4 is 0 Å². The van der Waals surface area contributed by atoms with Crippen molar-refractivity contribution >= 4 is 38.0 Å². The van der Waals surface area contributed by atoms with Gasteiger partial charge in [0, 0.05) is 17.8 Å². The molecule has 0 spiro atoms. The van der Waals surface area contributed by atoms with Crippen LogP contribution in [-0.4, -0.2) is 32.4 Å². The molecule has 2 aromatic heterocycles. The second kappa shape index (κ2) is 7.10. The molecule has 0 fully saturated rings. The standard InChI is InChI=1S/C19H21N3O3S2/c1-14(21-26(23)19(2,3)4)18-12-15-13-20-11-10-17(15)22(18)27(24,25)16-8-6-5-7-9-16/h5-13H,1-4H3. The van der Waals surface area contributed by atoms with Crippen LogP contribution >= 0.6 is 0 Å². The van der Waals surface area contributed by atoms with Crippen LogP contribution in [0.2, 0.25) is 0 Å². The van der Waals surface area contributed by atoms with E-state index in [9.17, 15) is 13.0 Å². The van der Waals surface area contributed by atoms with Gasteiger partial charge in [-0.2, -0.15) is 0 Å². The average Bonchev–Trinajstić information content (AvgIpc) is 3.02. The molecule has 8 heteroatoms. The van der Waals surface area contributed by atoms with E-state index in [2.05, 4.69) is 9.38 Å². The summed E-state index contributed by atoms with van der Waals surface area (Å²) in [6.07, 6.45) is 3.15. The molecule has 2 heterocycles. The lowest BCUT2D eigenvalue weighted by atomic mass is 10.3. The van der Waals surface area contributed by atoms with Gasteiger partial charge in [0.15, 0.2) is 0 Å². The van der Waals surface area contributed by atoms with Crippen LogP contribution in [0.3, 0.4) is 0 Å². The van der Waals surface area contributed by atoms with E-state index in [1.807, 2.05) is 20.8 Å². The number of hydrogen-bond acceptors (Lipinski definition) is 5. The normalized spacial score (nSPS) is 14.5. The number of fused-ring (bicyclic) bond motifs is 1. The first-order chi connectivity index (χ1) is 12.6. The smallest absolute Gasteiger partial charge is 0.268 e. The van der Waals surface area contributed by atoms with E-state index in [0.717, 1.165) is 0 Å². The molecule has 0 aliphatic heterocycles. The molecule has 0 saturated heterocycles. The van der Waals surface area contributed by atoms with E-state index in [-0.39, 0.29) is 4.90 Å². The molecule has 3 rings (SSSR count). The molecule has 0 radical (unpaired) electrons. The Morgan fingerprint density at radius 3 is 2.48 bits per heavy atom. The fourth-order valence-corrected chi connectivity index (χ4v) is 4.74. The highest BCUT2D eigenvalue weighted by molar-refractivity contribution is 7.91. The number of pyridine rings is 1. The summed E-state index contributed by atoms with van der Waals surface area (Å²) in [7, 11) is -3.86. The van der Waals surface area contributed by atoms with Crippen molar-refractivity contribution in [1.82, 2.24) is 8.96 Å². The number of benzene rings is 1. The van der Waals surface area contributed by atoms with Gasteiger partial charge in [0.05, 0.1) is 16.1 Å². The SMILES string of the molecule is CC(=N[S+]([O-])C(C)(C)C)c1cc2cnccc2n1S(=O)(=O)c1ccccc1. The topological polar surface area (TPSA) is 87.4 Å². The van der Waals surface area contributed by atoms with Crippen LogP contribution in [0.15, 0.2) is 64.2 Å². The van der Waals surface area contributed by atoms with E-state index in [1.54, 1.807) is 61.8 Å². The van der Waals surface area contributed by atoms with Crippen LogP contribution in [0.25, 0.3) is 10.9 Å². The van der Waals surface area contributed by atoms with Crippen molar-refractivity contribution in [2.24, 2.45) is 4.40 Å². The maximum absolute atomic E-state index is 13.3. The molecule has 0 bridgehead atoms. The van der Waals surface area contributed by atoms with Crippen molar-refractivity contribution < 1.29 is 13.0 Å². The molecule has 1 aromatic carbocycles. The third kappa shape index (κ3) is 3.78. The van der Waals surface area contributed by atoms with Crippen molar-refractivity contribution in [3.63, 3.8) is 0 Å². The van der Waals surface area contributed by atoms with Gasteiger partial charge in [0.2, 0.25) is 0 Å². The van der Waals surface area contributed by atoms with Gasteiger partial charge in [0.1, 0.15) is 21.8 Å². The molecular formula is C19H21N3O3S2. The Labute approximate surface area is 162 Å². The van der Waals surface area contributed by atoms with Gasteiger partial charge < -0.3 is 4.55 Å². The average molecular weight is 404 g/mol. The fraction of sp³-hybridized carbons (Fsp3) is 0.263. The van der Waals surface area contributed by atoms with E-state index in [4.69, 9.17) is 0 Å². The highest BCUT2D eigenvalue weighted by Crippen LogP contribution is 2.27. The number of rotatable bonds is 4. The number of nitrogens with zero attached hydrogens (tertiary/aromatic N) is 3. The second-order valence-electron chi connectivity index (χ2n) is 7.08. The van der Waals surface area contributed by atoms with Crippen LogP contribution in [0.5, 0.6) is 0 Å². The zero-order chi connectivity index (χ0) is 19.8. The number of aromatic nitrogens is 2. The van der Waals surface area contributed by atoms with Gasteiger partial charge in [-0.25, -0.2) is 12.4 Å². The summed E-state index contributed by atoms with van der Waals surface area (Å²) in [5.74, 6) is 0. The lowest BCUT2D eigenvalue weighted by molar-refractivity contribution is 0.561. The largest absolute Gasteiger partial charge is 0.591 e. The molecule has 27 heavy (non-hydrogen) atoms. The predicted molar refractivity (Wildman–Crippen MR) is 109 cm³/mol. The van der Waals surface area contributed by atoms with Crippen molar-refractivity contribution in [3.8, 4) is 0 Å². The monoisotopic (exact) mass is 403 g/mol. The Morgan fingerprint density at radius 2 is 1.85 bits per heavy atom. The van der Waals surface area contributed by atoms with Gasteiger partial charge >= 0.3 is 0 Å². The first-order valence-corrected chi connectivity index (χ1v) is 10.9. The summed E-state index contributed by atoms with van der Waals surface area (Å²) >= 11 is -1.50. The molecule has 0 amide bonds. The quantitative estimate of drug-likeness (QED) is 0.492. The van der Waals surface area contributed by atoms with Crippen LogP contribution in [0.4, 0.5) is 0 Å². The Balaban J connectivity index is 2.27. The van der Waals surface area contributed by atoms with E-state index < -0.39 is 26.1 Å². The summed E-state index contributed by atoms with van der Waals surface area (Å²) in [5, 5.41) is 0.670. The fourth-order valence-electron chi connectivity index (χ4n) is 2.55. The van der Waals surface area contributed by atoms with E-state index in [0.29, 0.717) is 22.3 Å². The van der Waals surface area contributed by atoms with Gasteiger partial charge in [-0.1, -0.05) is 22.6 Å². The maximum atomic E-state index is 13.3. The highest BCUT2D eigenvalue weighted by atomic mass is 32.2. The van der Waals surface area contributed by atoms with Crippen molar-refractivity contribution in [2.75, 3.05) is 0 Å². The Kier molecular flexibility index (Phi) is 5.16.